The largest absolute Gasteiger partial charge is 0.399 e. The Morgan fingerprint density at radius 1 is 1.11 bits per heavy atom. The Morgan fingerprint density at radius 2 is 1.95 bits per heavy atom. The van der Waals surface area contributed by atoms with Gasteiger partial charge in [0.1, 0.15) is 0 Å². The number of carbonyl (C=O) groups excluding carboxylic acids is 1. The standard InChI is InChI=1S/C15H13N3O/c16-10-4-3-5-11(8-10)18-15(19)13-9-17-14-7-2-1-6-12(13)14/h1-9,17H,16H2,(H,18,19). The van der Waals surface area contributed by atoms with Gasteiger partial charge in [0.05, 0.1) is 5.56 Å². The highest BCUT2D eigenvalue weighted by atomic mass is 16.1. The molecule has 19 heavy (non-hydrogen) atoms. The minimum Gasteiger partial charge on any atom is -0.399 e. The quantitative estimate of drug-likeness (QED) is 0.613. The highest BCUT2D eigenvalue weighted by Gasteiger charge is 2.11. The van der Waals surface area contributed by atoms with E-state index in [0.29, 0.717) is 16.9 Å². The highest BCUT2D eigenvalue weighted by molar-refractivity contribution is 6.12. The number of nitrogen functional groups attached to an aromatic ring is 1. The molecule has 2 aromatic carbocycles. The summed E-state index contributed by atoms with van der Waals surface area (Å²) in [4.78, 5) is 15.3. The number of nitrogens with two attached hydrogens (primary N) is 1. The van der Waals surface area contributed by atoms with Crippen LogP contribution in [0.2, 0.25) is 0 Å². The average molecular weight is 251 g/mol. The SMILES string of the molecule is Nc1cccc(NC(=O)c2c[nH]c3ccccc23)c1. The summed E-state index contributed by atoms with van der Waals surface area (Å²) in [5.74, 6) is -0.150. The lowest BCUT2D eigenvalue weighted by atomic mass is 10.1. The fourth-order valence-corrected chi connectivity index (χ4v) is 2.07. The molecule has 0 radical (unpaired) electrons. The van der Waals surface area contributed by atoms with Crippen molar-refractivity contribution < 1.29 is 4.79 Å². The zero-order chi connectivity index (χ0) is 13.2. The van der Waals surface area contributed by atoms with Gasteiger partial charge in [-0.05, 0) is 24.3 Å². The third-order valence-corrected chi connectivity index (χ3v) is 2.98. The number of carbonyl (C=O) groups is 1. The Labute approximate surface area is 110 Å². The molecule has 1 heterocycles. The van der Waals surface area contributed by atoms with Crippen molar-refractivity contribution in [3.05, 3.63) is 60.3 Å². The molecule has 0 aliphatic rings. The van der Waals surface area contributed by atoms with Gasteiger partial charge in [-0.3, -0.25) is 4.79 Å². The van der Waals surface area contributed by atoms with Gasteiger partial charge in [-0.2, -0.15) is 0 Å². The number of para-hydroxylation sites is 1. The molecule has 4 heteroatoms. The van der Waals surface area contributed by atoms with Crippen molar-refractivity contribution in [2.75, 3.05) is 11.1 Å². The lowest BCUT2D eigenvalue weighted by molar-refractivity contribution is 0.102. The third-order valence-electron chi connectivity index (χ3n) is 2.98. The Hall–Kier alpha value is -2.75. The molecule has 0 aliphatic heterocycles. The Balaban J connectivity index is 1.92. The van der Waals surface area contributed by atoms with E-state index in [1.807, 2.05) is 30.3 Å². The van der Waals surface area contributed by atoms with Crippen LogP contribution in [0, 0.1) is 0 Å². The number of aromatic amines is 1. The number of rotatable bonds is 2. The number of nitrogens with one attached hydrogen (secondary N) is 2. The number of fused-ring (bicyclic) bond motifs is 1. The molecule has 0 spiro atoms. The van der Waals surface area contributed by atoms with Crippen molar-refractivity contribution in [3.8, 4) is 0 Å². The highest BCUT2D eigenvalue weighted by Crippen LogP contribution is 2.19. The van der Waals surface area contributed by atoms with E-state index >= 15 is 0 Å². The van der Waals surface area contributed by atoms with Gasteiger partial charge in [0, 0.05) is 28.5 Å². The topological polar surface area (TPSA) is 70.9 Å². The van der Waals surface area contributed by atoms with Crippen molar-refractivity contribution in [2.45, 2.75) is 0 Å². The summed E-state index contributed by atoms with van der Waals surface area (Å²) >= 11 is 0. The van der Waals surface area contributed by atoms with Crippen molar-refractivity contribution in [3.63, 3.8) is 0 Å². The molecule has 0 fully saturated rings. The number of aromatic nitrogens is 1. The van der Waals surface area contributed by atoms with Crippen LogP contribution in [0.3, 0.4) is 0 Å². The van der Waals surface area contributed by atoms with Crippen molar-refractivity contribution in [2.24, 2.45) is 0 Å². The van der Waals surface area contributed by atoms with Crippen LogP contribution >= 0.6 is 0 Å². The minimum absolute atomic E-state index is 0.150. The molecule has 4 nitrogen and oxygen atoms in total. The normalized spacial score (nSPS) is 10.5. The molecule has 3 rings (SSSR count). The van der Waals surface area contributed by atoms with Gasteiger partial charge in [-0.15, -0.1) is 0 Å². The number of hydrogen-bond donors (Lipinski definition) is 3. The maximum absolute atomic E-state index is 12.2. The van der Waals surface area contributed by atoms with E-state index in [4.69, 9.17) is 5.73 Å². The van der Waals surface area contributed by atoms with E-state index in [9.17, 15) is 4.79 Å². The number of anilines is 2. The van der Waals surface area contributed by atoms with Gasteiger partial charge in [0.15, 0.2) is 0 Å². The van der Waals surface area contributed by atoms with Crippen LogP contribution in [-0.4, -0.2) is 10.9 Å². The first-order chi connectivity index (χ1) is 9.24. The summed E-state index contributed by atoms with van der Waals surface area (Å²) in [5.41, 5.74) is 8.57. The zero-order valence-corrected chi connectivity index (χ0v) is 10.2. The number of H-pyrrole nitrogens is 1. The number of amides is 1. The van der Waals surface area contributed by atoms with Crippen molar-refractivity contribution >= 4 is 28.2 Å². The zero-order valence-electron chi connectivity index (χ0n) is 10.2. The van der Waals surface area contributed by atoms with Crippen LogP contribution in [0.25, 0.3) is 10.9 Å². The molecule has 3 aromatic rings. The Kier molecular flexibility index (Phi) is 2.68. The molecule has 0 saturated heterocycles. The second-order valence-electron chi connectivity index (χ2n) is 4.33. The van der Waals surface area contributed by atoms with E-state index in [-0.39, 0.29) is 5.91 Å². The molecule has 0 saturated carbocycles. The second-order valence-corrected chi connectivity index (χ2v) is 4.33. The molecule has 1 aromatic heterocycles. The molecular weight excluding hydrogens is 238 g/mol. The first-order valence-electron chi connectivity index (χ1n) is 5.97. The monoisotopic (exact) mass is 251 g/mol. The van der Waals surface area contributed by atoms with Gasteiger partial charge >= 0.3 is 0 Å². The molecule has 4 N–H and O–H groups in total. The first-order valence-corrected chi connectivity index (χ1v) is 5.97. The molecular formula is C15H13N3O. The Bertz CT molecular complexity index is 746. The predicted octanol–water partition coefficient (Wildman–Crippen LogP) is 3.00. The summed E-state index contributed by atoms with van der Waals surface area (Å²) in [5, 5.41) is 3.74. The lowest BCUT2D eigenvalue weighted by Crippen LogP contribution is -2.11. The second kappa shape index (κ2) is 4.49. The summed E-state index contributed by atoms with van der Waals surface area (Å²) in [6.07, 6.45) is 1.71. The molecule has 94 valence electrons. The maximum Gasteiger partial charge on any atom is 0.257 e. The third kappa shape index (κ3) is 2.15. The van der Waals surface area contributed by atoms with Gasteiger partial charge in [0.25, 0.3) is 5.91 Å². The van der Waals surface area contributed by atoms with Gasteiger partial charge in [-0.25, -0.2) is 0 Å². The van der Waals surface area contributed by atoms with Crippen LogP contribution in [0.15, 0.2) is 54.7 Å². The van der Waals surface area contributed by atoms with Crippen LogP contribution in [0.4, 0.5) is 11.4 Å². The van der Waals surface area contributed by atoms with E-state index in [0.717, 1.165) is 10.9 Å². The average Bonchev–Trinajstić information content (AvgIpc) is 2.82. The number of hydrogen-bond acceptors (Lipinski definition) is 2. The van der Waals surface area contributed by atoms with E-state index in [2.05, 4.69) is 10.3 Å². The molecule has 0 atom stereocenters. The number of benzene rings is 2. The van der Waals surface area contributed by atoms with Crippen LogP contribution in [0.1, 0.15) is 10.4 Å². The molecule has 0 unspecified atom stereocenters. The van der Waals surface area contributed by atoms with E-state index < -0.39 is 0 Å². The van der Waals surface area contributed by atoms with Crippen LogP contribution in [-0.2, 0) is 0 Å². The maximum atomic E-state index is 12.2. The first kappa shape index (κ1) is 11.3. The van der Waals surface area contributed by atoms with Crippen LogP contribution < -0.4 is 11.1 Å². The van der Waals surface area contributed by atoms with Gasteiger partial charge < -0.3 is 16.0 Å². The van der Waals surface area contributed by atoms with Gasteiger partial charge in [0.2, 0.25) is 0 Å². The van der Waals surface area contributed by atoms with Gasteiger partial charge in [-0.1, -0.05) is 24.3 Å². The van der Waals surface area contributed by atoms with Crippen LogP contribution in [0.5, 0.6) is 0 Å². The smallest absolute Gasteiger partial charge is 0.257 e. The molecule has 0 aliphatic carbocycles. The molecule has 0 bridgehead atoms. The van der Waals surface area contributed by atoms with Crippen molar-refractivity contribution in [1.82, 2.24) is 4.98 Å². The summed E-state index contributed by atoms with van der Waals surface area (Å²) in [6.45, 7) is 0. The van der Waals surface area contributed by atoms with E-state index in [1.54, 1.807) is 24.4 Å². The lowest BCUT2D eigenvalue weighted by Gasteiger charge is -2.05. The minimum atomic E-state index is -0.150. The fourth-order valence-electron chi connectivity index (χ4n) is 2.07. The summed E-state index contributed by atoms with van der Waals surface area (Å²) in [7, 11) is 0. The fraction of sp³-hybridized carbons (Fsp3) is 0. The predicted molar refractivity (Wildman–Crippen MR) is 77.1 cm³/mol. The van der Waals surface area contributed by atoms with E-state index in [1.165, 1.54) is 0 Å². The Morgan fingerprint density at radius 3 is 2.79 bits per heavy atom. The summed E-state index contributed by atoms with van der Waals surface area (Å²) in [6, 6.07) is 14.8. The van der Waals surface area contributed by atoms with Crippen molar-refractivity contribution in [1.29, 1.82) is 0 Å². The molecule has 1 amide bonds. The summed E-state index contributed by atoms with van der Waals surface area (Å²) < 4.78 is 0.